The molecule has 38 heavy (non-hydrogen) atoms. The van der Waals surface area contributed by atoms with Gasteiger partial charge in [0.05, 0.1) is 11.9 Å². The van der Waals surface area contributed by atoms with E-state index in [-0.39, 0.29) is 24.6 Å². The van der Waals surface area contributed by atoms with Gasteiger partial charge in [-0.15, -0.1) is 0 Å². The third kappa shape index (κ3) is 8.58. The quantitative estimate of drug-likeness (QED) is 0.308. The summed E-state index contributed by atoms with van der Waals surface area (Å²) in [5.41, 5.74) is 1.95. The predicted molar refractivity (Wildman–Crippen MR) is 156 cm³/mol. The van der Waals surface area contributed by atoms with Gasteiger partial charge in [0, 0.05) is 29.0 Å². The standard InChI is InChI=1S/C28H31BrClN3O4S/c1-3-16-31-28(35)26(17-21-8-5-4-6-9-21)32(19-22-12-14-23(29)15-13-22)27(34)20-33(38(2,36)37)25-11-7-10-24(30)18-25/h4-15,18,26H,3,16-17,19-20H2,1-2H3,(H,31,35)/t26-/m0/s1. The smallest absolute Gasteiger partial charge is 0.244 e. The second-order valence-electron chi connectivity index (χ2n) is 8.89. The Labute approximate surface area is 238 Å². The van der Waals surface area contributed by atoms with Crippen LogP contribution >= 0.6 is 27.5 Å². The summed E-state index contributed by atoms with van der Waals surface area (Å²) in [6.45, 7) is 2.05. The van der Waals surface area contributed by atoms with Gasteiger partial charge < -0.3 is 10.2 Å². The number of sulfonamides is 1. The third-order valence-electron chi connectivity index (χ3n) is 5.86. The van der Waals surface area contributed by atoms with Crippen LogP contribution in [0.5, 0.6) is 0 Å². The molecule has 0 saturated carbocycles. The lowest BCUT2D eigenvalue weighted by Gasteiger charge is -2.33. The first-order chi connectivity index (χ1) is 18.1. The number of anilines is 1. The largest absolute Gasteiger partial charge is 0.354 e. The lowest BCUT2D eigenvalue weighted by Crippen LogP contribution is -2.53. The molecule has 202 valence electrons. The second kappa shape index (κ2) is 13.8. The summed E-state index contributed by atoms with van der Waals surface area (Å²) in [5.74, 6) is -0.805. The maximum absolute atomic E-state index is 13.9. The zero-order valence-electron chi connectivity index (χ0n) is 21.3. The molecule has 0 bridgehead atoms. The van der Waals surface area contributed by atoms with Gasteiger partial charge in [-0.1, -0.05) is 83.0 Å². The lowest BCUT2D eigenvalue weighted by atomic mass is 10.0. The number of hydrogen-bond acceptors (Lipinski definition) is 4. The summed E-state index contributed by atoms with van der Waals surface area (Å²) in [6, 6.07) is 22.3. The molecule has 0 fully saturated rings. The SMILES string of the molecule is CCCNC(=O)[C@H](Cc1ccccc1)N(Cc1ccc(Br)cc1)C(=O)CN(c1cccc(Cl)c1)S(C)(=O)=O. The van der Waals surface area contributed by atoms with E-state index in [1.807, 2.05) is 61.5 Å². The van der Waals surface area contributed by atoms with E-state index in [1.165, 1.54) is 11.0 Å². The Hall–Kier alpha value is -2.88. The number of nitrogens with zero attached hydrogens (tertiary/aromatic N) is 2. The first-order valence-electron chi connectivity index (χ1n) is 12.2. The molecule has 0 unspecified atom stereocenters. The Morgan fingerprint density at radius 2 is 1.66 bits per heavy atom. The maximum Gasteiger partial charge on any atom is 0.244 e. The van der Waals surface area contributed by atoms with E-state index in [4.69, 9.17) is 11.6 Å². The van der Waals surface area contributed by atoms with Crippen molar-refractivity contribution in [2.75, 3.05) is 23.7 Å². The van der Waals surface area contributed by atoms with Crippen LogP contribution in [0.4, 0.5) is 5.69 Å². The fourth-order valence-corrected chi connectivity index (χ4v) is 5.24. The third-order valence-corrected chi connectivity index (χ3v) is 7.77. The molecule has 0 aliphatic rings. The van der Waals surface area contributed by atoms with Crippen LogP contribution in [0.25, 0.3) is 0 Å². The van der Waals surface area contributed by atoms with E-state index >= 15 is 0 Å². The van der Waals surface area contributed by atoms with Crippen LogP contribution < -0.4 is 9.62 Å². The summed E-state index contributed by atoms with van der Waals surface area (Å²) < 4.78 is 27.4. The molecular formula is C28H31BrClN3O4S. The average Bonchev–Trinajstić information content (AvgIpc) is 2.88. The highest BCUT2D eigenvalue weighted by Gasteiger charge is 2.33. The molecule has 3 rings (SSSR count). The molecule has 0 aromatic heterocycles. The molecule has 0 radical (unpaired) electrons. The van der Waals surface area contributed by atoms with E-state index in [2.05, 4.69) is 21.2 Å². The number of rotatable bonds is 12. The summed E-state index contributed by atoms with van der Waals surface area (Å²) in [6.07, 6.45) is 2.05. The van der Waals surface area contributed by atoms with Crippen LogP contribution in [0.3, 0.4) is 0 Å². The highest BCUT2D eigenvalue weighted by molar-refractivity contribution is 9.10. The first-order valence-corrected chi connectivity index (χ1v) is 15.2. The highest BCUT2D eigenvalue weighted by Crippen LogP contribution is 2.23. The zero-order chi connectivity index (χ0) is 27.7. The van der Waals surface area contributed by atoms with Crippen molar-refractivity contribution in [1.29, 1.82) is 0 Å². The van der Waals surface area contributed by atoms with Crippen molar-refractivity contribution >= 4 is 55.1 Å². The number of benzene rings is 3. The monoisotopic (exact) mass is 619 g/mol. The van der Waals surface area contributed by atoms with Crippen LogP contribution in [0.1, 0.15) is 24.5 Å². The van der Waals surface area contributed by atoms with Gasteiger partial charge >= 0.3 is 0 Å². The molecule has 1 N–H and O–H groups in total. The van der Waals surface area contributed by atoms with Crippen LogP contribution in [-0.4, -0.2) is 50.5 Å². The highest BCUT2D eigenvalue weighted by atomic mass is 79.9. The van der Waals surface area contributed by atoms with Crippen LogP contribution in [0.2, 0.25) is 5.02 Å². The molecule has 2 amide bonds. The van der Waals surface area contributed by atoms with Crippen molar-refractivity contribution in [1.82, 2.24) is 10.2 Å². The Bertz CT molecular complexity index is 1340. The van der Waals surface area contributed by atoms with Crippen molar-refractivity contribution in [3.05, 3.63) is 99.5 Å². The molecule has 0 aliphatic heterocycles. The van der Waals surface area contributed by atoms with Gasteiger partial charge in [-0.05, 0) is 47.9 Å². The molecule has 3 aromatic rings. The van der Waals surface area contributed by atoms with Crippen molar-refractivity contribution in [2.24, 2.45) is 0 Å². The molecule has 0 heterocycles. The van der Waals surface area contributed by atoms with E-state index in [9.17, 15) is 18.0 Å². The Kier molecular flexibility index (Phi) is 10.8. The topological polar surface area (TPSA) is 86.8 Å². The number of nitrogens with one attached hydrogen (secondary N) is 1. The summed E-state index contributed by atoms with van der Waals surface area (Å²) in [4.78, 5) is 28.8. The van der Waals surface area contributed by atoms with Gasteiger partial charge in [0.2, 0.25) is 21.8 Å². The van der Waals surface area contributed by atoms with E-state index in [0.29, 0.717) is 11.6 Å². The fraction of sp³-hybridized carbons (Fsp3) is 0.286. The van der Waals surface area contributed by atoms with Crippen LogP contribution in [0, 0.1) is 0 Å². The normalized spacial score (nSPS) is 12.0. The average molecular weight is 621 g/mol. The van der Waals surface area contributed by atoms with Gasteiger partial charge in [0.15, 0.2) is 0 Å². The maximum atomic E-state index is 13.9. The second-order valence-corrected chi connectivity index (χ2v) is 12.2. The fourth-order valence-electron chi connectivity index (χ4n) is 3.95. The summed E-state index contributed by atoms with van der Waals surface area (Å²) >= 11 is 9.54. The van der Waals surface area contributed by atoms with Crippen LogP contribution in [-0.2, 0) is 32.6 Å². The number of amides is 2. The summed E-state index contributed by atoms with van der Waals surface area (Å²) in [7, 11) is -3.84. The van der Waals surface area contributed by atoms with Gasteiger partial charge in [0.1, 0.15) is 12.6 Å². The Balaban J connectivity index is 2.03. The molecule has 10 heteroatoms. The van der Waals surface area contributed by atoms with E-state index < -0.39 is 28.5 Å². The number of hydrogen-bond donors (Lipinski definition) is 1. The molecule has 1 atom stereocenters. The van der Waals surface area contributed by atoms with Gasteiger partial charge in [-0.25, -0.2) is 8.42 Å². The molecule has 0 aliphatic carbocycles. The molecule has 3 aromatic carbocycles. The predicted octanol–water partition coefficient (Wildman–Crippen LogP) is 5.03. The van der Waals surface area contributed by atoms with Gasteiger partial charge in [0.25, 0.3) is 0 Å². The van der Waals surface area contributed by atoms with Crippen molar-refractivity contribution in [3.8, 4) is 0 Å². The van der Waals surface area contributed by atoms with E-state index in [0.717, 1.165) is 32.6 Å². The zero-order valence-corrected chi connectivity index (χ0v) is 24.5. The van der Waals surface area contributed by atoms with E-state index in [1.54, 1.807) is 18.2 Å². The number of carbonyl (C=O) groups excluding carboxylic acids is 2. The Morgan fingerprint density at radius 3 is 2.26 bits per heavy atom. The van der Waals surface area contributed by atoms with Gasteiger partial charge in [-0.3, -0.25) is 13.9 Å². The molecule has 7 nitrogen and oxygen atoms in total. The first kappa shape index (κ1) is 29.7. The molecular weight excluding hydrogens is 590 g/mol. The van der Waals surface area contributed by atoms with Crippen molar-refractivity contribution in [3.63, 3.8) is 0 Å². The summed E-state index contributed by atoms with van der Waals surface area (Å²) in [5, 5.41) is 3.26. The van der Waals surface area contributed by atoms with Crippen molar-refractivity contribution < 1.29 is 18.0 Å². The van der Waals surface area contributed by atoms with Crippen molar-refractivity contribution in [2.45, 2.75) is 32.4 Å². The minimum Gasteiger partial charge on any atom is -0.354 e. The Morgan fingerprint density at radius 1 is 0.974 bits per heavy atom. The molecule has 0 spiro atoms. The molecule has 0 saturated heterocycles. The lowest BCUT2D eigenvalue weighted by molar-refractivity contribution is -0.140. The minimum absolute atomic E-state index is 0.121. The van der Waals surface area contributed by atoms with Gasteiger partial charge in [-0.2, -0.15) is 0 Å². The number of halogens is 2. The minimum atomic E-state index is -3.84. The van der Waals surface area contributed by atoms with Crippen LogP contribution in [0.15, 0.2) is 83.3 Å². The number of carbonyl (C=O) groups is 2.